The van der Waals surface area contributed by atoms with Gasteiger partial charge in [-0.25, -0.2) is 0 Å². The SMILES string of the molecule is COc1ccc(Cc2nnc(SCC(=O)Nc3ccc(Br)cc3)o2)cc1. The predicted molar refractivity (Wildman–Crippen MR) is 104 cm³/mol. The van der Waals surface area contributed by atoms with Crippen LogP contribution in [-0.2, 0) is 11.2 Å². The molecular weight excluding hydrogens is 418 g/mol. The van der Waals surface area contributed by atoms with Gasteiger partial charge in [0.15, 0.2) is 0 Å². The van der Waals surface area contributed by atoms with Gasteiger partial charge in [-0.2, -0.15) is 0 Å². The highest BCUT2D eigenvalue weighted by molar-refractivity contribution is 9.10. The van der Waals surface area contributed by atoms with Crippen LogP contribution in [0.3, 0.4) is 0 Å². The summed E-state index contributed by atoms with van der Waals surface area (Å²) in [5.41, 5.74) is 1.78. The van der Waals surface area contributed by atoms with E-state index in [-0.39, 0.29) is 11.7 Å². The maximum absolute atomic E-state index is 12.0. The molecular formula is C18H16BrN3O3S. The van der Waals surface area contributed by atoms with Crippen molar-refractivity contribution >= 4 is 39.3 Å². The standard InChI is InChI=1S/C18H16BrN3O3S/c1-24-15-8-2-12(3-9-15)10-17-21-22-18(25-17)26-11-16(23)20-14-6-4-13(19)5-7-14/h2-9H,10-11H2,1H3,(H,20,23). The van der Waals surface area contributed by atoms with E-state index in [0.29, 0.717) is 17.5 Å². The first kappa shape index (κ1) is 18.5. The van der Waals surface area contributed by atoms with Gasteiger partial charge in [-0.15, -0.1) is 10.2 Å². The first-order valence-electron chi connectivity index (χ1n) is 7.76. The minimum atomic E-state index is -0.132. The lowest BCUT2D eigenvalue weighted by Gasteiger charge is -2.03. The van der Waals surface area contributed by atoms with Crippen molar-refractivity contribution in [3.63, 3.8) is 0 Å². The molecule has 0 unspecified atom stereocenters. The monoisotopic (exact) mass is 433 g/mol. The molecule has 134 valence electrons. The molecule has 1 aromatic heterocycles. The topological polar surface area (TPSA) is 77.2 Å². The molecule has 26 heavy (non-hydrogen) atoms. The Morgan fingerprint density at radius 2 is 1.88 bits per heavy atom. The number of rotatable bonds is 7. The smallest absolute Gasteiger partial charge is 0.277 e. The van der Waals surface area contributed by atoms with Gasteiger partial charge in [0.2, 0.25) is 11.8 Å². The van der Waals surface area contributed by atoms with E-state index in [1.165, 1.54) is 11.8 Å². The summed E-state index contributed by atoms with van der Waals surface area (Å²) < 4.78 is 11.7. The summed E-state index contributed by atoms with van der Waals surface area (Å²) in [6.07, 6.45) is 0.530. The Morgan fingerprint density at radius 1 is 1.15 bits per heavy atom. The zero-order valence-electron chi connectivity index (χ0n) is 13.9. The molecule has 2 aromatic carbocycles. The number of ether oxygens (including phenoxy) is 1. The first-order chi connectivity index (χ1) is 12.6. The fourth-order valence-electron chi connectivity index (χ4n) is 2.14. The molecule has 0 atom stereocenters. The number of carbonyl (C=O) groups is 1. The maximum Gasteiger partial charge on any atom is 0.277 e. The average molecular weight is 434 g/mol. The first-order valence-corrected chi connectivity index (χ1v) is 9.54. The number of halogens is 1. The van der Waals surface area contributed by atoms with Crippen molar-refractivity contribution in [1.82, 2.24) is 10.2 Å². The molecule has 0 saturated heterocycles. The number of thioether (sulfide) groups is 1. The summed E-state index contributed by atoms with van der Waals surface area (Å²) in [6.45, 7) is 0. The van der Waals surface area contributed by atoms with E-state index in [4.69, 9.17) is 9.15 Å². The summed E-state index contributed by atoms with van der Waals surface area (Å²) in [5, 5.41) is 11.2. The zero-order valence-corrected chi connectivity index (χ0v) is 16.3. The quantitative estimate of drug-likeness (QED) is 0.563. The summed E-state index contributed by atoms with van der Waals surface area (Å²) in [4.78, 5) is 12.0. The second kappa shape index (κ2) is 8.86. The fraction of sp³-hybridized carbons (Fsp3) is 0.167. The van der Waals surface area contributed by atoms with Gasteiger partial charge in [-0.05, 0) is 42.0 Å². The normalized spacial score (nSPS) is 10.5. The van der Waals surface area contributed by atoms with Gasteiger partial charge in [0.1, 0.15) is 5.75 Å². The molecule has 6 nitrogen and oxygen atoms in total. The summed E-state index contributed by atoms with van der Waals surface area (Å²) >= 11 is 4.56. The van der Waals surface area contributed by atoms with Crippen LogP contribution in [0.2, 0.25) is 0 Å². The number of nitrogens with one attached hydrogen (secondary N) is 1. The van der Waals surface area contributed by atoms with Crippen molar-refractivity contribution in [2.45, 2.75) is 11.6 Å². The van der Waals surface area contributed by atoms with E-state index in [0.717, 1.165) is 21.5 Å². The van der Waals surface area contributed by atoms with Crippen molar-refractivity contribution < 1.29 is 13.9 Å². The number of nitrogens with zero attached hydrogens (tertiary/aromatic N) is 2. The number of hydrogen-bond acceptors (Lipinski definition) is 6. The molecule has 0 aliphatic rings. The van der Waals surface area contributed by atoms with Crippen LogP contribution in [0, 0.1) is 0 Å². The number of aromatic nitrogens is 2. The third kappa shape index (κ3) is 5.34. The van der Waals surface area contributed by atoms with Crippen LogP contribution >= 0.6 is 27.7 Å². The van der Waals surface area contributed by atoms with Gasteiger partial charge in [0.05, 0.1) is 19.3 Å². The van der Waals surface area contributed by atoms with Gasteiger partial charge in [-0.3, -0.25) is 4.79 Å². The van der Waals surface area contributed by atoms with E-state index >= 15 is 0 Å². The Balaban J connectivity index is 1.49. The van der Waals surface area contributed by atoms with Crippen LogP contribution in [0.1, 0.15) is 11.5 Å². The molecule has 0 bridgehead atoms. The van der Waals surface area contributed by atoms with Crippen molar-refractivity contribution in [3.05, 3.63) is 64.5 Å². The third-order valence-corrected chi connectivity index (χ3v) is 4.76. The molecule has 0 radical (unpaired) electrons. The molecule has 8 heteroatoms. The minimum absolute atomic E-state index is 0.132. The number of amides is 1. The molecule has 0 spiro atoms. The highest BCUT2D eigenvalue weighted by Gasteiger charge is 2.10. The second-order valence-corrected chi connectivity index (χ2v) is 7.17. The summed E-state index contributed by atoms with van der Waals surface area (Å²) in [7, 11) is 1.63. The van der Waals surface area contributed by atoms with Crippen LogP contribution in [-0.4, -0.2) is 29.0 Å². The van der Waals surface area contributed by atoms with Crippen LogP contribution in [0.15, 0.2) is 62.6 Å². The number of methoxy groups -OCH3 is 1. The molecule has 0 aliphatic carbocycles. The Kier molecular flexibility index (Phi) is 6.30. The molecule has 0 saturated carbocycles. The second-order valence-electron chi connectivity index (χ2n) is 5.33. The van der Waals surface area contributed by atoms with Gasteiger partial charge < -0.3 is 14.5 Å². The van der Waals surface area contributed by atoms with Gasteiger partial charge in [-0.1, -0.05) is 39.8 Å². The Hall–Kier alpha value is -2.32. The van der Waals surface area contributed by atoms with Gasteiger partial charge in [0.25, 0.3) is 5.22 Å². The van der Waals surface area contributed by atoms with Crippen molar-refractivity contribution in [2.24, 2.45) is 0 Å². The predicted octanol–water partition coefficient (Wildman–Crippen LogP) is 4.16. The van der Waals surface area contributed by atoms with Crippen molar-refractivity contribution in [1.29, 1.82) is 0 Å². The lowest BCUT2D eigenvalue weighted by Crippen LogP contribution is -2.13. The Bertz CT molecular complexity index is 866. The Morgan fingerprint density at radius 3 is 2.58 bits per heavy atom. The number of anilines is 1. The Labute approximate surface area is 163 Å². The van der Waals surface area contributed by atoms with E-state index in [1.807, 2.05) is 48.5 Å². The lowest BCUT2D eigenvalue weighted by atomic mass is 10.1. The fourth-order valence-corrected chi connectivity index (χ4v) is 2.99. The molecule has 0 aliphatic heterocycles. The van der Waals surface area contributed by atoms with Crippen LogP contribution in [0.25, 0.3) is 0 Å². The molecule has 1 N–H and O–H groups in total. The maximum atomic E-state index is 12.0. The number of hydrogen-bond donors (Lipinski definition) is 1. The highest BCUT2D eigenvalue weighted by Crippen LogP contribution is 2.20. The summed E-state index contributed by atoms with van der Waals surface area (Å²) in [6, 6.07) is 15.0. The van der Waals surface area contributed by atoms with E-state index < -0.39 is 0 Å². The van der Waals surface area contributed by atoms with E-state index in [9.17, 15) is 4.79 Å². The highest BCUT2D eigenvalue weighted by atomic mass is 79.9. The number of carbonyl (C=O) groups excluding carboxylic acids is 1. The molecule has 1 heterocycles. The zero-order chi connectivity index (χ0) is 18.4. The van der Waals surface area contributed by atoms with Crippen LogP contribution in [0.4, 0.5) is 5.69 Å². The molecule has 0 fully saturated rings. The van der Waals surface area contributed by atoms with Crippen LogP contribution < -0.4 is 10.1 Å². The average Bonchev–Trinajstić information content (AvgIpc) is 3.10. The van der Waals surface area contributed by atoms with Crippen molar-refractivity contribution in [3.8, 4) is 5.75 Å². The van der Waals surface area contributed by atoms with Crippen LogP contribution in [0.5, 0.6) is 5.75 Å². The van der Waals surface area contributed by atoms with Gasteiger partial charge in [0, 0.05) is 10.2 Å². The molecule has 3 rings (SSSR count). The molecule has 1 amide bonds. The van der Waals surface area contributed by atoms with Crippen molar-refractivity contribution in [2.75, 3.05) is 18.2 Å². The van der Waals surface area contributed by atoms with E-state index in [2.05, 4.69) is 31.4 Å². The van der Waals surface area contributed by atoms with E-state index in [1.54, 1.807) is 7.11 Å². The van der Waals surface area contributed by atoms with Gasteiger partial charge >= 0.3 is 0 Å². The lowest BCUT2D eigenvalue weighted by molar-refractivity contribution is -0.113. The third-order valence-electron chi connectivity index (χ3n) is 3.42. The summed E-state index contributed by atoms with van der Waals surface area (Å²) in [5.74, 6) is 1.37. The number of benzene rings is 2. The minimum Gasteiger partial charge on any atom is -0.497 e. The largest absolute Gasteiger partial charge is 0.497 e. The molecule has 3 aromatic rings.